The van der Waals surface area contributed by atoms with Crippen molar-refractivity contribution in [3.05, 3.63) is 58.9 Å². The number of H-pyrrole nitrogens is 1. The third kappa shape index (κ3) is 5.51. The summed E-state index contributed by atoms with van der Waals surface area (Å²) >= 11 is 0. The van der Waals surface area contributed by atoms with E-state index in [-0.39, 0.29) is 17.8 Å². The molecule has 0 fully saturated rings. The van der Waals surface area contributed by atoms with Crippen molar-refractivity contribution in [3.8, 4) is 11.5 Å². The number of alkyl halides is 6. The van der Waals surface area contributed by atoms with E-state index in [0.717, 1.165) is 30.5 Å². The van der Waals surface area contributed by atoms with Gasteiger partial charge in [-0.25, -0.2) is 13.5 Å². The Hall–Kier alpha value is -3.16. The third-order valence-corrected chi connectivity index (χ3v) is 5.08. The smallest absolute Gasteiger partial charge is 0.420 e. The molecule has 0 aliphatic rings. The molecule has 3 aromatic rings. The molecule has 0 spiro atoms. The molecule has 1 heterocycles. The Balaban J connectivity index is 2.07. The summed E-state index contributed by atoms with van der Waals surface area (Å²) in [7, 11) is -3.96. The molecule has 1 N–H and O–H groups in total. The van der Waals surface area contributed by atoms with Crippen molar-refractivity contribution < 1.29 is 39.5 Å². The first-order chi connectivity index (χ1) is 14.2. The number of rotatable bonds is 5. The Labute approximate surface area is 171 Å². The van der Waals surface area contributed by atoms with Gasteiger partial charge in [0.25, 0.3) is 0 Å². The maximum Gasteiger partial charge on any atom is 0.420 e. The molecule has 0 radical (unpaired) electrons. The van der Waals surface area contributed by atoms with Gasteiger partial charge in [0, 0.05) is 12.7 Å². The number of ether oxygens (including phenoxy) is 1. The van der Waals surface area contributed by atoms with Crippen LogP contribution in [-0.2, 0) is 28.6 Å². The molecule has 1 aromatic heterocycles. The van der Waals surface area contributed by atoms with Crippen LogP contribution in [0.15, 0.2) is 41.3 Å². The van der Waals surface area contributed by atoms with Crippen molar-refractivity contribution in [2.45, 2.75) is 23.7 Å². The van der Waals surface area contributed by atoms with E-state index in [1.807, 2.05) is 0 Å². The minimum Gasteiger partial charge on any atom is -0.457 e. The molecular weight excluding hydrogens is 454 g/mol. The lowest BCUT2D eigenvalue weighted by Gasteiger charge is -2.17. The van der Waals surface area contributed by atoms with Gasteiger partial charge < -0.3 is 4.74 Å². The first-order valence-corrected chi connectivity index (χ1v) is 10.2. The monoisotopic (exact) mass is 466 g/mol. The van der Waals surface area contributed by atoms with Crippen molar-refractivity contribution in [3.63, 3.8) is 0 Å². The van der Waals surface area contributed by atoms with Crippen LogP contribution in [0, 0.1) is 0 Å². The highest BCUT2D eigenvalue weighted by molar-refractivity contribution is 7.90. The minimum absolute atomic E-state index is 0.0182. The third-order valence-electron chi connectivity index (χ3n) is 3.97. The van der Waals surface area contributed by atoms with Crippen LogP contribution in [0.4, 0.5) is 26.3 Å². The molecule has 0 unspecified atom stereocenters. The maximum atomic E-state index is 13.4. The van der Waals surface area contributed by atoms with Crippen LogP contribution in [0.5, 0.6) is 11.5 Å². The number of sulfone groups is 1. The second-order valence-corrected chi connectivity index (χ2v) is 8.43. The Morgan fingerprint density at radius 1 is 1.00 bits per heavy atom. The summed E-state index contributed by atoms with van der Waals surface area (Å²) in [6, 6.07) is 4.38. The number of tetrazole rings is 1. The molecule has 0 atom stereocenters. The molecule has 31 heavy (non-hydrogen) atoms. The van der Waals surface area contributed by atoms with Crippen molar-refractivity contribution in [2.24, 2.45) is 0 Å². The van der Waals surface area contributed by atoms with E-state index >= 15 is 0 Å². The molecule has 0 aliphatic carbocycles. The number of nitrogens with zero attached hydrogens (tertiary/aromatic N) is 3. The van der Waals surface area contributed by atoms with Gasteiger partial charge in [-0.15, -0.1) is 5.10 Å². The van der Waals surface area contributed by atoms with Crippen molar-refractivity contribution >= 4 is 9.84 Å². The largest absolute Gasteiger partial charge is 0.457 e. The molecule has 0 saturated heterocycles. The number of hydrogen-bond acceptors (Lipinski definition) is 6. The van der Waals surface area contributed by atoms with Crippen molar-refractivity contribution in [1.82, 2.24) is 20.6 Å². The van der Waals surface area contributed by atoms with Gasteiger partial charge in [-0.05, 0) is 52.4 Å². The van der Waals surface area contributed by atoms with Gasteiger partial charge in [-0.1, -0.05) is 0 Å². The van der Waals surface area contributed by atoms with E-state index in [1.54, 1.807) is 0 Å². The molecule has 166 valence electrons. The lowest BCUT2D eigenvalue weighted by atomic mass is 10.1. The number of aromatic amines is 1. The van der Waals surface area contributed by atoms with Crippen LogP contribution in [0.25, 0.3) is 0 Å². The topological polar surface area (TPSA) is 97.8 Å². The molecule has 7 nitrogen and oxygen atoms in total. The normalized spacial score (nSPS) is 12.7. The van der Waals surface area contributed by atoms with Crippen molar-refractivity contribution in [1.29, 1.82) is 0 Å². The number of benzene rings is 2. The van der Waals surface area contributed by atoms with Crippen LogP contribution < -0.4 is 4.74 Å². The number of hydrogen-bond donors (Lipinski definition) is 1. The SMILES string of the molecule is CS(=O)(=O)c1ccc(Oc2cc(Cc3nnn[nH]3)cc(C(F)(F)F)c2)c(C(F)(F)F)c1. The zero-order valence-electron chi connectivity index (χ0n) is 15.4. The van der Waals surface area contributed by atoms with Crippen molar-refractivity contribution in [2.75, 3.05) is 6.26 Å². The number of nitrogens with one attached hydrogen (secondary N) is 1. The summed E-state index contributed by atoms with van der Waals surface area (Å²) in [5.41, 5.74) is -2.59. The fourth-order valence-corrected chi connectivity index (χ4v) is 3.26. The fourth-order valence-electron chi connectivity index (χ4n) is 2.61. The number of aromatic nitrogens is 4. The quantitative estimate of drug-likeness (QED) is 0.571. The van der Waals surface area contributed by atoms with Gasteiger partial charge in [-0.2, -0.15) is 26.3 Å². The van der Waals surface area contributed by atoms with Gasteiger partial charge in [0.15, 0.2) is 15.7 Å². The Morgan fingerprint density at radius 2 is 1.71 bits per heavy atom. The Morgan fingerprint density at radius 3 is 2.26 bits per heavy atom. The highest BCUT2D eigenvalue weighted by Gasteiger charge is 2.36. The lowest BCUT2D eigenvalue weighted by Crippen LogP contribution is -2.10. The highest BCUT2D eigenvalue weighted by atomic mass is 32.2. The van der Waals surface area contributed by atoms with E-state index in [4.69, 9.17) is 4.74 Å². The number of halogens is 6. The summed E-state index contributed by atoms with van der Waals surface area (Å²) in [4.78, 5) is -0.616. The summed E-state index contributed by atoms with van der Waals surface area (Å²) in [6.07, 6.45) is -9.28. The van der Waals surface area contributed by atoms with Crippen LogP contribution in [0.2, 0.25) is 0 Å². The first kappa shape index (κ1) is 22.5. The lowest BCUT2D eigenvalue weighted by molar-refractivity contribution is -0.139. The molecule has 0 aliphatic heterocycles. The fraction of sp³-hybridized carbons (Fsp3) is 0.235. The van der Waals surface area contributed by atoms with Crippen LogP contribution >= 0.6 is 0 Å². The zero-order valence-corrected chi connectivity index (χ0v) is 16.2. The molecule has 14 heteroatoms. The van der Waals surface area contributed by atoms with Gasteiger partial charge in [0.05, 0.1) is 16.0 Å². The highest BCUT2D eigenvalue weighted by Crippen LogP contribution is 2.41. The molecule has 3 rings (SSSR count). The van der Waals surface area contributed by atoms with Crippen LogP contribution in [0.1, 0.15) is 22.5 Å². The van der Waals surface area contributed by atoms with E-state index in [9.17, 15) is 34.8 Å². The molecule has 2 aromatic carbocycles. The minimum atomic E-state index is -5.02. The summed E-state index contributed by atoms with van der Waals surface area (Å²) in [5.74, 6) is -1.26. The summed E-state index contributed by atoms with van der Waals surface area (Å²) < 4.78 is 108. The van der Waals surface area contributed by atoms with Gasteiger partial charge in [-0.3, -0.25) is 0 Å². The second-order valence-electron chi connectivity index (χ2n) is 6.42. The van der Waals surface area contributed by atoms with Crippen LogP contribution in [0.3, 0.4) is 0 Å². The maximum absolute atomic E-state index is 13.4. The predicted molar refractivity (Wildman–Crippen MR) is 93.1 cm³/mol. The summed E-state index contributed by atoms with van der Waals surface area (Å²) in [6.45, 7) is 0. The van der Waals surface area contributed by atoms with E-state index in [1.165, 1.54) is 0 Å². The van der Waals surface area contributed by atoms with Crippen LogP contribution in [-0.4, -0.2) is 35.3 Å². The molecule has 0 saturated carbocycles. The van der Waals surface area contributed by atoms with Gasteiger partial charge in [0.1, 0.15) is 11.5 Å². The zero-order chi connectivity index (χ0) is 23.0. The average molecular weight is 466 g/mol. The predicted octanol–water partition coefficient (Wildman–Crippen LogP) is 4.02. The second kappa shape index (κ2) is 7.83. The van der Waals surface area contributed by atoms with E-state index < -0.39 is 49.7 Å². The van der Waals surface area contributed by atoms with Gasteiger partial charge >= 0.3 is 12.4 Å². The van der Waals surface area contributed by atoms with E-state index in [2.05, 4.69) is 20.6 Å². The average Bonchev–Trinajstić information content (AvgIpc) is 3.12. The first-order valence-electron chi connectivity index (χ1n) is 8.26. The molecule has 0 bridgehead atoms. The standard InChI is InChI=1S/C17H12F6N4O3S/c1-31(28,29)12-2-3-14(13(8-12)17(21,22)23)30-11-5-9(6-15-24-26-27-25-15)4-10(7-11)16(18,19)20/h2-5,7-8H,6H2,1H3,(H,24,25,26,27). The molecule has 0 amide bonds. The molecular formula is C17H12F6N4O3S. The Bertz CT molecular complexity index is 1190. The Kier molecular flexibility index (Phi) is 5.69. The van der Waals surface area contributed by atoms with Gasteiger partial charge in [0.2, 0.25) is 0 Å². The summed E-state index contributed by atoms with van der Waals surface area (Å²) in [5, 5.41) is 12.5. The van der Waals surface area contributed by atoms with E-state index in [0.29, 0.717) is 12.1 Å².